The zero-order valence-corrected chi connectivity index (χ0v) is 13.9. The highest BCUT2D eigenvalue weighted by atomic mass is 19.1. The summed E-state index contributed by atoms with van der Waals surface area (Å²) in [5, 5.41) is 0. The molecule has 5 heteroatoms. The molecule has 0 saturated carbocycles. The molecule has 2 amide bonds. The van der Waals surface area contributed by atoms with Gasteiger partial charge in [-0.2, -0.15) is 0 Å². The van der Waals surface area contributed by atoms with Crippen LogP contribution in [0.3, 0.4) is 0 Å². The second-order valence-electron chi connectivity index (χ2n) is 5.99. The zero-order chi connectivity index (χ0) is 16.8. The lowest BCUT2D eigenvalue weighted by atomic mass is 10.0. The fraction of sp³-hybridized carbons (Fsp3) is 0.556. The SMILES string of the molecule is CCC(CC)C(=O)N1CCN(C(=O)Cc2ccccc2F)CC1. The van der Waals surface area contributed by atoms with Gasteiger partial charge in [0.15, 0.2) is 0 Å². The van der Waals surface area contributed by atoms with E-state index in [1.807, 2.05) is 18.7 Å². The Kier molecular flexibility index (Phi) is 6.13. The molecule has 1 heterocycles. The minimum Gasteiger partial charge on any atom is -0.339 e. The molecule has 0 radical (unpaired) electrons. The highest BCUT2D eigenvalue weighted by molar-refractivity contribution is 5.81. The Morgan fingerprint density at radius 3 is 2.17 bits per heavy atom. The van der Waals surface area contributed by atoms with Crippen LogP contribution in [0.15, 0.2) is 24.3 Å². The predicted molar refractivity (Wildman–Crippen MR) is 87.3 cm³/mol. The van der Waals surface area contributed by atoms with E-state index < -0.39 is 0 Å². The standard InChI is InChI=1S/C18H25FN2O2/c1-3-14(4-2)18(23)21-11-9-20(10-12-21)17(22)13-15-7-5-6-8-16(15)19/h5-8,14H,3-4,9-13H2,1-2H3. The van der Waals surface area contributed by atoms with E-state index in [4.69, 9.17) is 0 Å². The van der Waals surface area contributed by atoms with Gasteiger partial charge in [0.05, 0.1) is 6.42 Å². The molecule has 0 aliphatic carbocycles. The van der Waals surface area contributed by atoms with Crippen molar-refractivity contribution in [1.82, 2.24) is 9.80 Å². The van der Waals surface area contributed by atoms with E-state index in [0.29, 0.717) is 31.7 Å². The topological polar surface area (TPSA) is 40.6 Å². The molecule has 0 spiro atoms. The summed E-state index contributed by atoms with van der Waals surface area (Å²) in [4.78, 5) is 28.2. The van der Waals surface area contributed by atoms with Gasteiger partial charge in [-0.15, -0.1) is 0 Å². The van der Waals surface area contributed by atoms with E-state index >= 15 is 0 Å². The molecular weight excluding hydrogens is 295 g/mol. The van der Waals surface area contributed by atoms with Crippen LogP contribution in [-0.2, 0) is 16.0 Å². The molecule has 2 rings (SSSR count). The van der Waals surface area contributed by atoms with Crippen molar-refractivity contribution < 1.29 is 14.0 Å². The molecule has 1 fully saturated rings. The summed E-state index contributed by atoms with van der Waals surface area (Å²) in [5.74, 6) is -0.153. The van der Waals surface area contributed by atoms with Crippen molar-refractivity contribution >= 4 is 11.8 Å². The Hall–Kier alpha value is -1.91. The molecule has 0 atom stereocenters. The number of hydrogen-bond acceptors (Lipinski definition) is 2. The molecule has 1 saturated heterocycles. The summed E-state index contributed by atoms with van der Waals surface area (Å²) in [6, 6.07) is 6.36. The monoisotopic (exact) mass is 320 g/mol. The van der Waals surface area contributed by atoms with Crippen molar-refractivity contribution in [2.45, 2.75) is 33.1 Å². The van der Waals surface area contributed by atoms with Crippen LogP contribution in [-0.4, -0.2) is 47.8 Å². The van der Waals surface area contributed by atoms with Crippen molar-refractivity contribution in [1.29, 1.82) is 0 Å². The number of rotatable bonds is 5. The van der Waals surface area contributed by atoms with Gasteiger partial charge >= 0.3 is 0 Å². The molecule has 126 valence electrons. The first-order chi connectivity index (χ1) is 11.1. The first kappa shape index (κ1) is 17.4. The Balaban J connectivity index is 1.88. The van der Waals surface area contributed by atoms with Crippen molar-refractivity contribution in [3.63, 3.8) is 0 Å². The number of halogens is 1. The van der Waals surface area contributed by atoms with Crippen LogP contribution in [0.5, 0.6) is 0 Å². The molecule has 0 aromatic heterocycles. The zero-order valence-electron chi connectivity index (χ0n) is 13.9. The maximum absolute atomic E-state index is 13.6. The van der Waals surface area contributed by atoms with Crippen LogP contribution in [0.4, 0.5) is 4.39 Å². The molecule has 1 aromatic rings. The third-order valence-electron chi connectivity index (χ3n) is 4.58. The van der Waals surface area contributed by atoms with Gasteiger partial charge < -0.3 is 9.80 Å². The Morgan fingerprint density at radius 2 is 1.61 bits per heavy atom. The largest absolute Gasteiger partial charge is 0.339 e. The van der Waals surface area contributed by atoms with Crippen molar-refractivity contribution in [2.24, 2.45) is 5.92 Å². The highest BCUT2D eigenvalue weighted by Crippen LogP contribution is 2.15. The Morgan fingerprint density at radius 1 is 1.04 bits per heavy atom. The lowest BCUT2D eigenvalue weighted by Gasteiger charge is -2.36. The minimum atomic E-state index is -0.344. The average molecular weight is 320 g/mol. The average Bonchev–Trinajstić information content (AvgIpc) is 2.58. The number of hydrogen-bond donors (Lipinski definition) is 0. The van der Waals surface area contributed by atoms with Crippen molar-refractivity contribution in [3.05, 3.63) is 35.6 Å². The number of carbonyl (C=O) groups is 2. The molecular formula is C18H25FN2O2. The lowest BCUT2D eigenvalue weighted by Crippen LogP contribution is -2.52. The summed E-state index contributed by atoms with van der Waals surface area (Å²) in [6.07, 6.45) is 1.77. The minimum absolute atomic E-state index is 0.0766. The van der Waals surface area contributed by atoms with Crippen molar-refractivity contribution in [2.75, 3.05) is 26.2 Å². The summed E-state index contributed by atoms with van der Waals surface area (Å²) in [5.41, 5.74) is 0.424. The first-order valence-electron chi connectivity index (χ1n) is 8.36. The van der Waals surface area contributed by atoms with E-state index in [0.717, 1.165) is 12.8 Å². The molecule has 0 bridgehead atoms. The number of carbonyl (C=O) groups excluding carboxylic acids is 2. The van der Waals surface area contributed by atoms with Gasteiger partial charge in [-0.05, 0) is 24.5 Å². The van der Waals surface area contributed by atoms with Crippen molar-refractivity contribution in [3.8, 4) is 0 Å². The smallest absolute Gasteiger partial charge is 0.227 e. The third-order valence-corrected chi connectivity index (χ3v) is 4.58. The molecule has 1 aliphatic heterocycles. The molecule has 0 unspecified atom stereocenters. The summed E-state index contributed by atoms with van der Waals surface area (Å²) >= 11 is 0. The van der Waals surface area contributed by atoms with Gasteiger partial charge in [0.25, 0.3) is 0 Å². The maximum Gasteiger partial charge on any atom is 0.227 e. The predicted octanol–water partition coefficient (Wildman–Crippen LogP) is 2.48. The normalized spacial score (nSPS) is 15.1. The van der Waals surface area contributed by atoms with Crippen LogP contribution >= 0.6 is 0 Å². The van der Waals surface area contributed by atoms with Crippen LogP contribution in [0.25, 0.3) is 0 Å². The van der Waals surface area contributed by atoms with E-state index in [1.165, 1.54) is 6.07 Å². The summed E-state index contributed by atoms with van der Waals surface area (Å²) in [7, 11) is 0. The number of nitrogens with zero attached hydrogens (tertiary/aromatic N) is 2. The molecule has 1 aliphatic rings. The van der Waals surface area contributed by atoms with Gasteiger partial charge in [-0.1, -0.05) is 32.0 Å². The van der Waals surface area contributed by atoms with Crippen LogP contribution < -0.4 is 0 Å². The Labute approximate surface area is 137 Å². The molecule has 0 N–H and O–H groups in total. The fourth-order valence-electron chi connectivity index (χ4n) is 2.99. The van der Waals surface area contributed by atoms with Gasteiger partial charge in [-0.25, -0.2) is 4.39 Å². The third kappa shape index (κ3) is 4.30. The lowest BCUT2D eigenvalue weighted by molar-refractivity contribution is -0.142. The van der Waals surface area contributed by atoms with E-state index in [-0.39, 0.29) is 30.0 Å². The second-order valence-corrected chi connectivity index (χ2v) is 5.99. The number of piperazine rings is 1. The quantitative estimate of drug-likeness (QED) is 0.836. The van der Waals surface area contributed by atoms with E-state index in [2.05, 4.69) is 0 Å². The number of benzene rings is 1. The van der Waals surface area contributed by atoms with Crippen LogP contribution in [0, 0.1) is 11.7 Å². The van der Waals surface area contributed by atoms with E-state index in [9.17, 15) is 14.0 Å². The van der Waals surface area contributed by atoms with Crippen LogP contribution in [0.2, 0.25) is 0 Å². The van der Waals surface area contributed by atoms with Gasteiger partial charge in [-0.3, -0.25) is 9.59 Å². The van der Waals surface area contributed by atoms with Crippen LogP contribution in [0.1, 0.15) is 32.3 Å². The van der Waals surface area contributed by atoms with Gasteiger partial charge in [0.2, 0.25) is 11.8 Å². The summed E-state index contributed by atoms with van der Waals surface area (Å²) in [6.45, 7) is 6.25. The van der Waals surface area contributed by atoms with Gasteiger partial charge in [0, 0.05) is 32.1 Å². The molecule has 1 aromatic carbocycles. The van der Waals surface area contributed by atoms with E-state index in [1.54, 1.807) is 23.1 Å². The fourth-order valence-corrected chi connectivity index (χ4v) is 2.99. The number of amides is 2. The second kappa shape index (κ2) is 8.09. The highest BCUT2D eigenvalue weighted by Gasteiger charge is 2.27. The molecule has 4 nitrogen and oxygen atoms in total. The Bertz CT molecular complexity index is 550. The van der Waals surface area contributed by atoms with Gasteiger partial charge in [0.1, 0.15) is 5.82 Å². The molecule has 23 heavy (non-hydrogen) atoms. The maximum atomic E-state index is 13.6. The summed E-state index contributed by atoms with van der Waals surface area (Å²) < 4.78 is 13.6. The first-order valence-corrected chi connectivity index (χ1v) is 8.36.